The first-order valence-electron chi connectivity index (χ1n) is 11.3. The van der Waals surface area contributed by atoms with E-state index in [2.05, 4.69) is 41.4 Å². The van der Waals surface area contributed by atoms with Crippen molar-refractivity contribution >= 4 is 29.4 Å². The summed E-state index contributed by atoms with van der Waals surface area (Å²) in [5.74, 6) is 0.391. The zero-order valence-electron chi connectivity index (χ0n) is 19.2. The SMILES string of the molecule is CCN(CC1CCCN(C)CC1)/N=C\C(C)c1ccc(Cl)c(NC(=O)C2=COC(N)N2)c1. The highest BCUT2D eigenvalue weighted by Gasteiger charge is 2.20. The number of nitrogens with zero attached hydrogens (tertiary/aromatic N) is 3. The van der Waals surface area contributed by atoms with E-state index in [0.29, 0.717) is 16.6 Å². The Bertz CT molecular complexity index is 846. The van der Waals surface area contributed by atoms with E-state index in [1.54, 1.807) is 6.07 Å². The molecule has 0 spiro atoms. The van der Waals surface area contributed by atoms with E-state index in [0.717, 1.165) is 25.2 Å². The van der Waals surface area contributed by atoms with Crippen LogP contribution in [0.5, 0.6) is 0 Å². The lowest BCUT2D eigenvalue weighted by Crippen LogP contribution is -2.36. The van der Waals surface area contributed by atoms with Gasteiger partial charge in [-0.1, -0.05) is 24.6 Å². The molecule has 3 rings (SSSR count). The van der Waals surface area contributed by atoms with Gasteiger partial charge in [-0.2, -0.15) is 5.10 Å². The fraction of sp³-hybridized carbons (Fsp3) is 0.565. The largest absolute Gasteiger partial charge is 0.463 e. The van der Waals surface area contributed by atoms with Crippen LogP contribution in [0.1, 0.15) is 44.6 Å². The van der Waals surface area contributed by atoms with Crippen molar-refractivity contribution in [2.24, 2.45) is 16.8 Å². The number of carbonyl (C=O) groups excluding carboxylic acids is 1. The maximum atomic E-state index is 12.4. The van der Waals surface area contributed by atoms with Crippen LogP contribution in [-0.4, -0.2) is 61.6 Å². The molecule has 1 aromatic carbocycles. The molecule has 4 N–H and O–H groups in total. The third kappa shape index (κ3) is 6.85. The third-order valence-corrected chi connectivity index (χ3v) is 6.33. The number of anilines is 1. The molecule has 2 aliphatic rings. The van der Waals surface area contributed by atoms with E-state index in [1.165, 1.54) is 32.1 Å². The van der Waals surface area contributed by atoms with Gasteiger partial charge in [0.05, 0.1) is 10.7 Å². The van der Waals surface area contributed by atoms with Crippen LogP contribution in [0.15, 0.2) is 35.3 Å². The van der Waals surface area contributed by atoms with E-state index in [1.807, 2.05) is 18.3 Å². The minimum Gasteiger partial charge on any atom is -0.463 e. The average Bonchev–Trinajstić information content (AvgIpc) is 3.11. The maximum absolute atomic E-state index is 12.4. The molecule has 2 aliphatic heterocycles. The topological polar surface area (TPSA) is 95.2 Å². The summed E-state index contributed by atoms with van der Waals surface area (Å²) >= 11 is 6.31. The first kappa shape index (κ1) is 24.4. The zero-order valence-corrected chi connectivity index (χ0v) is 19.9. The van der Waals surface area contributed by atoms with Gasteiger partial charge in [-0.15, -0.1) is 0 Å². The standard InChI is InChI=1S/C23H35ClN6O2/c1-4-30(14-17-6-5-10-29(3)11-9-17)26-13-16(2)18-7-8-19(24)20(12-18)27-22(31)21-15-32-23(25)28-21/h7-8,12-13,15-17,23,28H,4-6,9-11,14,25H2,1-3H3,(H,27,31)/b26-13-. The number of nitrogens with two attached hydrogens (primary N) is 1. The normalized spacial score (nSPS) is 22.6. The molecule has 0 saturated carbocycles. The summed E-state index contributed by atoms with van der Waals surface area (Å²) in [6.07, 6.45) is 6.29. The lowest BCUT2D eigenvalue weighted by molar-refractivity contribution is -0.113. The van der Waals surface area contributed by atoms with Crippen molar-refractivity contribution in [2.45, 2.75) is 45.4 Å². The maximum Gasteiger partial charge on any atom is 0.275 e. The van der Waals surface area contributed by atoms with Crippen molar-refractivity contribution in [2.75, 3.05) is 38.5 Å². The molecule has 1 aromatic rings. The van der Waals surface area contributed by atoms with Crippen molar-refractivity contribution in [3.05, 3.63) is 40.7 Å². The van der Waals surface area contributed by atoms with Crippen molar-refractivity contribution in [1.29, 1.82) is 0 Å². The first-order chi connectivity index (χ1) is 15.4. The molecule has 0 aromatic heterocycles. The Morgan fingerprint density at radius 1 is 1.47 bits per heavy atom. The van der Waals surface area contributed by atoms with Gasteiger partial charge in [0.1, 0.15) is 12.0 Å². The first-order valence-corrected chi connectivity index (χ1v) is 11.7. The molecule has 1 saturated heterocycles. The second-order valence-electron chi connectivity index (χ2n) is 8.58. The lowest BCUT2D eigenvalue weighted by Gasteiger charge is -2.23. The predicted molar refractivity (Wildman–Crippen MR) is 129 cm³/mol. The molecule has 0 radical (unpaired) electrons. The number of ether oxygens (including phenoxy) is 1. The summed E-state index contributed by atoms with van der Waals surface area (Å²) in [5.41, 5.74) is 7.39. The summed E-state index contributed by atoms with van der Waals surface area (Å²) < 4.78 is 5.03. The number of carbonyl (C=O) groups is 1. The molecule has 0 bridgehead atoms. The number of hydrazone groups is 1. The third-order valence-electron chi connectivity index (χ3n) is 6.00. The van der Waals surface area contributed by atoms with Crippen LogP contribution in [0.2, 0.25) is 5.02 Å². The highest BCUT2D eigenvalue weighted by atomic mass is 35.5. The van der Waals surface area contributed by atoms with E-state index >= 15 is 0 Å². The summed E-state index contributed by atoms with van der Waals surface area (Å²) in [4.78, 5) is 14.8. The van der Waals surface area contributed by atoms with Gasteiger partial charge < -0.3 is 20.3 Å². The van der Waals surface area contributed by atoms with Crippen LogP contribution in [0, 0.1) is 5.92 Å². The summed E-state index contributed by atoms with van der Waals surface area (Å²) in [5, 5.41) is 12.9. The molecule has 8 nitrogen and oxygen atoms in total. The second-order valence-corrected chi connectivity index (χ2v) is 8.99. The smallest absolute Gasteiger partial charge is 0.275 e. The lowest BCUT2D eigenvalue weighted by atomic mass is 10.0. The molecule has 176 valence electrons. The monoisotopic (exact) mass is 462 g/mol. The number of rotatable bonds is 8. The van der Waals surface area contributed by atoms with Gasteiger partial charge in [-0.3, -0.25) is 15.5 Å². The van der Waals surface area contributed by atoms with E-state index < -0.39 is 6.35 Å². The second kappa shape index (κ2) is 11.5. The Kier molecular flexibility index (Phi) is 8.78. The van der Waals surface area contributed by atoms with E-state index in [-0.39, 0.29) is 17.5 Å². The summed E-state index contributed by atoms with van der Waals surface area (Å²) in [6.45, 7) is 8.44. The molecule has 1 amide bonds. The number of hydrogen-bond donors (Lipinski definition) is 3. The Labute approximate surface area is 195 Å². The Hall–Kier alpha value is -2.29. The Morgan fingerprint density at radius 2 is 2.28 bits per heavy atom. The van der Waals surface area contributed by atoms with Gasteiger partial charge in [0.25, 0.3) is 5.91 Å². The van der Waals surface area contributed by atoms with Gasteiger partial charge >= 0.3 is 0 Å². The van der Waals surface area contributed by atoms with Crippen molar-refractivity contribution in [3.63, 3.8) is 0 Å². The van der Waals surface area contributed by atoms with Gasteiger partial charge in [-0.25, -0.2) is 0 Å². The average molecular weight is 463 g/mol. The van der Waals surface area contributed by atoms with Gasteiger partial charge in [0, 0.05) is 25.2 Å². The van der Waals surface area contributed by atoms with E-state index in [9.17, 15) is 4.79 Å². The number of nitrogens with one attached hydrogen (secondary N) is 2. The molecular weight excluding hydrogens is 428 g/mol. The number of amides is 1. The van der Waals surface area contributed by atoms with Crippen LogP contribution < -0.4 is 16.4 Å². The number of hydrogen-bond acceptors (Lipinski definition) is 7. The molecule has 32 heavy (non-hydrogen) atoms. The van der Waals surface area contributed by atoms with Gasteiger partial charge in [0.15, 0.2) is 0 Å². The van der Waals surface area contributed by atoms with Crippen molar-refractivity contribution < 1.29 is 9.53 Å². The zero-order chi connectivity index (χ0) is 23.1. The molecular formula is C23H35ClN6O2. The minimum absolute atomic E-state index is 0.0674. The van der Waals surface area contributed by atoms with Crippen LogP contribution >= 0.6 is 11.6 Å². The molecule has 3 unspecified atom stereocenters. The highest BCUT2D eigenvalue weighted by Crippen LogP contribution is 2.27. The fourth-order valence-electron chi connectivity index (χ4n) is 3.92. The minimum atomic E-state index is -0.714. The Morgan fingerprint density at radius 3 is 3.00 bits per heavy atom. The van der Waals surface area contributed by atoms with Crippen LogP contribution in [0.25, 0.3) is 0 Å². The molecule has 1 fully saturated rings. The number of likely N-dealkylation sites (tertiary alicyclic amines) is 1. The van der Waals surface area contributed by atoms with Gasteiger partial charge in [0.2, 0.25) is 6.35 Å². The highest BCUT2D eigenvalue weighted by molar-refractivity contribution is 6.34. The summed E-state index contributed by atoms with van der Waals surface area (Å²) in [7, 11) is 2.20. The molecule has 2 heterocycles. The predicted octanol–water partition coefficient (Wildman–Crippen LogP) is 3.13. The quantitative estimate of drug-likeness (QED) is 0.406. The van der Waals surface area contributed by atoms with Crippen LogP contribution in [0.4, 0.5) is 5.69 Å². The van der Waals surface area contributed by atoms with Crippen molar-refractivity contribution in [1.82, 2.24) is 15.2 Å². The van der Waals surface area contributed by atoms with Crippen LogP contribution in [-0.2, 0) is 9.53 Å². The van der Waals surface area contributed by atoms with E-state index in [4.69, 9.17) is 27.2 Å². The van der Waals surface area contributed by atoms with Gasteiger partial charge in [-0.05, 0) is 69.9 Å². The van der Waals surface area contributed by atoms with Crippen LogP contribution in [0.3, 0.4) is 0 Å². The summed E-state index contributed by atoms with van der Waals surface area (Å²) in [6, 6.07) is 5.62. The number of halogens is 1. The molecule has 9 heteroatoms. The molecule has 0 aliphatic carbocycles. The fourth-order valence-corrected chi connectivity index (χ4v) is 4.09. The Balaban J connectivity index is 1.61. The molecule has 3 atom stereocenters. The number of benzene rings is 1. The van der Waals surface area contributed by atoms with Crippen molar-refractivity contribution in [3.8, 4) is 0 Å².